The molecule has 33 heavy (non-hydrogen) atoms. The highest BCUT2D eigenvalue weighted by atomic mass is 32.2. The molecule has 1 atom stereocenters. The second-order valence-electron chi connectivity index (χ2n) is 7.21. The molecule has 0 amide bonds. The number of carbonyl (C=O) groups is 1. The molecule has 3 N–H and O–H groups in total. The van der Waals surface area contributed by atoms with Gasteiger partial charge in [-0.05, 0) is 48.9 Å². The lowest BCUT2D eigenvalue weighted by Gasteiger charge is -2.23. The Labute approximate surface area is 193 Å². The Morgan fingerprint density at radius 2 is 1.55 bits per heavy atom. The zero-order valence-electron chi connectivity index (χ0n) is 17.1. The van der Waals surface area contributed by atoms with Gasteiger partial charge in [0.05, 0.1) is 16.1 Å². The first kappa shape index (κ1) is 22.5. The maximum Gasteiger partial charge on any atom is 0.335 e. The molecule has 5 rings (SSSR count). The molecule has 0 fully saturated rings. The van der Waals surface area contributed by atoms with E-state index in [1.54, 1.807) is 49.4 Å². The molecule has 1 aliphatic rings. The molecule has 0 saturated heterocycles. The third-order valence-corrected chi connectivity index (χ3v) is 6.10. The van der Waals surface area contributed by atoms with Crippen LogP contribution >= 0.6 is 0 Å². The van der Waals surface area contributed by atoms with Crippen molar-refractivity contribution in [2.24, 2.45) is 0 Å². The average Bonchev–Trinajstić information content (AvgIpc) is 2.80. The van der Waals surface area contributed by atoms with Crippen LogP contribution in [-0.2, 0) is 22.7 Å². The first-order valence-electron chi connectivity index (χ1n) is 9.60. The van der Waals surface area contributed by atoms with Gasteiger partial charge in [0.25, 0.3) is 5.56 Å². The van der Waals surface area contributed by atoms with E-state index in [9.17, 15) is 18.4 Å². The number of nitrogens with one attached hydrogen (secondary N) is 2. The van der Waals surface area contributed by atoms with Gasteiger partial charge in [-0.1, -0.05) is 24.3 Å². The first-order valence-corrected chi connectivity index (χ1v) is 11.4. The first-order chi connectivity index (χ1) is 15.9. The molecule has 0 bridgehead atoms. The molecule has 0 aliphatic heterocycles. The van der Waals surface area contributed by atoms with Crippen molar-refractivity contribution in [3.63, 3.8) is 0 Å². The van der Waals surface area contributed by atoms with E-state index < -0.39 is 22.7 Å². The van der Waals surface area contributed by atoms with Crippen LogP contribution in [0.3, 0.4) is 0 Å². The van der Waals surface area contributed by atoms with Crippen molar-refractivity contribution in [1.29, 1.82) is 0 Å². The van der Waals surface area contributed by atoms with Crippen molar-refractivity contribution in [2.75, 3.05) is 5.32 Å². The van der Waals surface area contributed by atoms with E-state index in [0.717, 1.165) is 11.1 Å². The number of aromatic nitrogens is 1. The number of benzene rings is 3. The monoisotopic (exact) mass is 480 g/mol. The highest BCUT2D eigenvalue weighted by molar-refractivity contribution is 7.79. The molecule has 1 unspecified atom stereocenters. The van der Waals surface area contributed by atoms with Crippen molar-refractivity contribution in [1.82, 2.24) is 4.98 Å². The number of carbonyl (C=O) groups excluding carboxylic acids is 1. The van der Waals surface area contributed by atoms with Crippen LogP contribution in [0.25, 0.3) is 22.0 Å². The molecule has 10 heteroatoms. The largest absolute Gasteiger partial charge is 0.355 e. The number of H-pyrrole nitrogens is 1. The SMILES string of the molecule is Cc1c2c3c(c(Nc4ccc(S(=O)O)cc4)ccc3[nH]c1=O)C(=O)c1ccccc1-2.O=S=O. The molecule has 1 aliphatic carbocycles. The summed E-state index contributed by atoms with van der Waals surface area (Å²) in [6.45, 7) is 1.76. The van der Waals surface area contributed by atoms with Gasteiger partial charge >= 0.3 is 11.6 Å². The highest BCUT2D eigenvalue weighted by Gasteiger charge is 2.29. The highest BCUT2D eigenvalue weighted by Crippen LogP contribution is 2.42. The lowest BCUT2D eigenvalue weighted by molar-refractivity contribution is 0.104. The lowest BCUT2D eigenvalue weighted by Crippen LogP contribution is -2.18. The van der Waals surface area contributed by atoms with E-state index in [2.05, 4.69) is 10.3 Å². The summed E-state index contributed by atoms with van der Waals surface area (Å²) in [5.74, 6) is -0.120. The molecule has 1 heterocycles. The molecule has 1 aromatic heterocycles. The van der Waals surface area contributed by atoms with Crippen LogP contribution in [0.1, 0.15) is 21.5 Å². The number of hydrogen-bond acceptors (Lipinski definition) is 6. The second kappa shape index (κ2) is 9.02. The molecule has 0 radical (unpaired) electrons. The molecule has 0 saturated carbocycles. The molecule has 0 spiro atoms. The standard InChI is InChI=1S/C23H16N2O4S.O2S/c1-12-19-15-4-2-3-5-16(15)22(26)21-18(11-10-17(20(19)21)25-23(12)27)24-13-6-8-14(9-7-13)30(28)29;1-3-2/h2-11,24H,1H3,(H,25,27)(H,28,29);. The summed E-state index contributed by atoms with van der Waals surface area (Å²) in [7, 11) is 0. The molecular weight excluding hydrogens is 464 g/mol. The summed E-state index contributed by atoms with van der Waals surface area (Å²) in [6.07, 6.45) is 0. The third-order valence-electron chi connectivity index (χ3n) is 5.42. The van der Waals surface area contributed by atoms with Gasteiger partial charge in [-0.15, -0.1) is 0 Å². The number of aromatic amines is 1. The zero-order valence-corrected chi connectivity index (χ0v) is 18.7. The van der Waals surface area contributed by atoms with E-state index in [0.29, 0.717) is 43.9 Å². The topological polar surface area (TPSA) is 133 Å². The van der Waals surface area contributed by atoms with Gasteiger partial charge in [0.1, 0.15) is 0 Å². The summed E-state index contributed by atoms with van der Waals surface area (Å²) >= 11 is -2.80. The van der Waals surface area contributed by atoms with Crippen molar-refractivity contribution < 1.29 is 22.0 Å². The maximum absolute atomic E-state index is 13.4. The van der Waals surface area contributed by atoms with E-state index in [1.165, 1.54) is 0 Å². The Morgan fingerprint density at radius 1 is 0.909 bits per heavy atom. The number of hydrogen-bond donors (Lipinski definition) is 3. The predicted molar refractivity (Wildman–Crippen MR) is 126 cm³/mol. The van der Waals surface area contributed by atoms with Crippen LogP contribution in [0.2, 0.25) is 0 Å². The van der Waals surface area contributed by atoms with E-state index >= 15 is 0 Å². The number of ketones is 1. The van der Waals surface area contributed by atoms with Gasteiger partial charge in [-0.2, -0.15) is 8.42 Å². The van der Waals surface area contributed by atoms with E-state index in [4.69, 9.17) is 8.42 Å². The van der Waals surface area contributed by atoms with Gasteiger partial charge in [-0.25, -0.2) is 4.21 Å². The average molecular weight is 481 g/mol. The second-order valence-corrected chi connectivity index (χ2v) is 8.31. The summed E-state index contributed by atoms with van der Waals surface area (Å²) in [4.78, 5) is 29.1. The van der Waals surface area contributed by atoms with Gasteiger partial charge in [0, 0.05) is 33.3 Å². The fourth-order valence-corrected chi connectivity index (χ4v) is 4.37. The van der Waals surface area contributed by atoms with Crippen molar-refractivity contribution in [2.45, 2.75) is 11.8 Å². The molecule has 3 aromatic carbocycles. The summed E-state index contributed by atoms with van der Waals surface area (Å²) in [5.41, 5.74) is 4.85. The minimum atomic E-state index is -2.05. The van der Waals surface area contributed by atoms with Crippen molar-refractivity contribution >= 4 is 50.7 Å². The Balaban J connectivity index is 0.000000821. The van der Waals surface area contributed by atoms with E-state index in [1.807, 2.05) is 18.2 Å². The molecule has 4 aromatic rings. The smallest absolute Gasteiger partial charge is 0.335 e. The number of pyridine rings is 1. The Morgan fingerprint density at radius 3 is 2.18 bits per heavy atom. The lowest BCUT2D eigenvalue weighted by atomic mass is 9.81. The number of anilines is 2. The summed E-state index contributed by atoms with van der Waals surface area (Å²) in [5, 5.41) is 3.96. The Bertz CT molecular complexity index is 1540. The van der Waals surface area contributed by atoms with E-state index in [-0.39, 0.29) is 11.3 Å². The quantitative estimate of drug-likeness (QED) is 0.335. The number of rotatable bonds is 3. The van der Waals surface area contributed by atoms with Crippen LogP contribution in [0.5, 0.6) is 0 Å². The van der Waals surface area contributed by atoms with Gasteiger partial charge in [0.2, 0.25) is 0 Å². The van der Waals surface area contributed by atoms with Crippen LogP contribution < -0.4 is 10.9 Å². The normalized spacial score (nSPS) is 12.4. The predicted octanol–water partition coefficient (Wildman–Crippen LogP) is 3.70. The van der Waals surface area contributed by atoms with Crippen LogP contribution in [-0.4, -0.2) is 27.9 Å². The van der Waals surface area contributed by atoms with Gasteiger partial charge in [-0.3, -0.25) is 9.59 Å². The summed E-state index contributed by atoms with van der Waals surface area (Å²) < 4.78 is 37.0. The third kappa shape index (κ3) is 3.95. The molecule has 166 valence electrons. The fourth-order valence-electron chi connectivity index (χ4n) is 4.00. The van der Waals surface area contributed by atoms with Gasteiger partial charge < -0.3 is 14.9 Å². The molecular formula is C23H16N2O6S2. The van der Waals surface area contributed by atoms with Crippen LogP contribution in [0.15, 0.2) is 70.4 Å². The summed E-state index contributed by atoms with van der Waals surface area (Å²) in [6, 6.07) is 17.3. The minimum Gasteiger partial charge on any atom is -0.355 e. The maximum atomic E-state index is 13.4. The van der Waals surface area contributed by atoms with Crippen molar-refractivity contribution in [3.05, 3.63) is 87.7 Å². The van der Waals surface area contributed by atoms with Gasteiger partial charge in [0.15, 0.2) is 16.9 Å². The van der Waals surface area contributed by atoms with Crippen LogP contribution in [0.4, 0.5) is 11.4 Å². The number of fused-ring (bicyclic) bond motifs is 2. The molecule has 8 nitrogen and oxygen atoms in total. The van der Waals surface area contributed by atoms with Crippen molar-refractivity contribution in [3.8, 4) is 11.1 Å². The zero-order chi connectivity index (χ0) is 23.7. The Hall–Kier alpha value is -3.73. The fraction of sp³-hybridized carbons (Fsp3) is 0.0435. The Kier molecular flexibility index (Phi) is 6.14. The minimum absolute atomic E-state index is 0.120. The van der Waals surface area contributed by atoms with Crippen LogP contribution in [0, 0.1) is 6.92 Å².